The second-order valence-corrected chi connectivity index (χ2v) is 4.42. The van der Waals surface area contributed by atoms with Crippen molar-refractivity contribution < 1.29 is 28.7 Å². The van der Waals surface area contributed by atoms with Crippen molar-refractivity contribution >= 4 is 11.9 Å². The highest BCUT2D eigenvalue weighted by Gasteiger charge is 2.41. The molecule has 0 unspecified atom stereocenters. The van der Waals surface area contributed by atoms with Crippen molar-refractivity contribution in [2.75, 3.05) is 27.9 Å². The largest absolute Gasteiger partial charge is 0.497 e. The maximum Gasteiger partial charge on any atom is 0.320 e. The number of rotatable bonds is 7. The third kappa shape index (κ3) is 4.18. The number of carbonyl (C=O) groups excluding carboxylic acids is 2. The molecule has 0 aliphatic heterocycles. The first kappa shape index (κ1) is 17.4. The van der Waals surface area contributed by atoms with Gasteiger partial charge >= 0.3 is 11.9 Å². The Hall–Kier alpha value is -2.64. The molecule has 1 aromatic rings. The average molecular weight is 311 g/mol. The number of carbonyl (C=O) groups is 2. The molecule has 120 valence electrons. The van der Waals surface area contributed by atoms with Crippen LogP contribution in [0, 0.1) is 16.0 Å². The van der Waals surface area contributed by atoms with Crippen molar-refractivity contribution in [1.82, 2.24) is 0 Å². The summed E-state index contributed by atoms with van der Waals surface area (Å²) in [5, 5.41) is 10.9. The fraction of sp³-hybridized carbons (Fsp3) is 0.429. The van der Waals surface area contributed by atoms with Gasteiger partial charge in [0.15, 0.2) is 5.92 Å². The lowest BCUT2D eigenvalue weighted by molar-refractivity contribution is -0.484. The third-order valence-corrected chi connectivity index (χ3v) is 3.18. The number of methoxy groups -OCH3 is 3. The van der Waals surface area contributed by atoms with Crippen LogP contribution >= 0.6 is 0 Å². The van der Waals surface area contributed by atoms with Crippen molar-refractivity contribution in [3.63, 3.8) is 0 Å². The van der Waals surface area contributed by atoms with Crippen molar-refractivity contribution in [2.24, 2.45) is 5.92 Å². The maximum absolute atomic E-state index is 11.9. The van der Waals surface area contributed by atoms with Gasteiger partial charge in [-0.2, -0.15) is 0 Å². The van der Waals surface area contributed by atoms with Crippen LogP contribution in [-0.4, -0.2) is 44.7 Å². The lowest BCUT2D eigenvalue weighted by Crippen LogP contribution is -2.35. The van der Waals surface area contributed by atoms with Crippen LogP contribution in [0.1, 0.15) is 11.5 Å². The van der Waals surface area contributed by atoms with Crippen LogP contribution in [0.25, 0.3) is 0 Å². The molecule has 1 rings (SSSR count). The summed E-state index contributed by atoms with van der Waals surface area (Å²) in [4.78, 5) is 34.1. The Kier molecular flexibility index (Phi) is 6.30. The normalized spacial score (nSPS) is 11.6. The van der Waals surface area contributed by atoms with Gasteiger partial charge in [-0.25, -0.2) is 0 Å². The van der Waals surface area contributed by atoms with E-state index in [2.05, 4.69) is 9.47 Å². The molecule has 0 aliphatic rings. The molecule has 0 fully saturated rings. The van der Waals surface area contributed by atoms with E-state index in [1.54, 1.807) is 18.2 Å². The van der Waals surface area contributed by atoms with Crippen LogP contribution in [0.4, 0.5) is 0 Å². The highest BCUT2D eigenvalue weighted by molar-refractivity contribution is 5.96. The van der Waals surface area contributed by atoms with E-state index in [1.807, 2.05) is 0 Å². The average Bonchev–Trinajstić information content (AvgIpc) is 2.53. The van der Waals surface area contributed by atoms with Crippen LogP contribution in [0.3, 0.4) is 0 Å². The summed E-state index contributed by atoms with van der Waals surface area (Å²) in [6.45, 7) is -0.623. The Morgan fingerprint density at radius 3 is 2.23 bits per heavy atom. The summed E-state index contributed by atoms with van der Waals surface area (Å²) in [6.07, 6.45) is 0. The third-order valence-electron chi connectivity index (χ3n) is 3.18. The Morgan fingerprint density at radius 2 is 1.77 bits per heavy atom. The lowest BCUT2D eigenvalue weighted by Gasteiger charge is -2.21. The predicted octanol–water partition coefficient (Wildman–Crippen LogP) is 1.02. The fourth-order valence-corrected chi connectivity index (χ4v) is 2.11. The monoisotopic (exact) mass is 311 g/mol. The Labute approximate surface area is 127 Å². The quantitative estimate of drug-likeness (QED) is 0.320. The standard InChI is InChI=1S/C14H17NO7/c1-20-10-6-4-5-9(7-10)11(8-15(18)19)12(13(16)21-2)14(17)22-3/h4-7,11-12H,8H2,1-3H3/t11-/m1/s1. The highest BCUT2D eigenvalue weighted by atomic mass is 16.6. The van der Waals surface area contributed by atoms with Crippen LogP contribution in [-0.2, 0) is 19.1 Å². The number of nitrogens with zero attached hydrogens (tertiary/aromatic N) is 1. The van der Waals surface area contributed by atoms with Gasteiger partial charge in [-0.3, -0.25) is 19.7 Å². The number of benzene rings is 1. The van der Waals surface area contributed by atoms with E-state index in [0.29, 0.717) is 11.3 Å². The molecule has 1 aromatic carbocycles. The molecular weight excluding hydrogens is 294 g/mol. The van der Waals surface area contributed by atoms with Gasteiger partial charge in [-0.1, -0.05) is 12.1 Å². The summed E-state index contributed by atoms with van der Waals surface area (Å²) < 4.78 is 14.2. The van der Waals surface area contributed by atoms with E-state index >= 15 is 0 Å². The zero-order valence-corrected chi connectivity index (χ0v) is 12.5. The van der Waals surface area contributed by atoms with Crippen LogP contribution in [0.15, 0.2) is 24.3 Å². The number of nitro groups is 1. The minimum atomic E-state index is -1.42. The van der Waals surface area contributed by atoms with E-state index in [9.17, 15) is 19.7 Å². The molecule has 0 radical (unpaired) electrons. The maximum atomic E-state index is 11.9. The van der Waals surface area contributed by atoms with Gasteiger partial charge in [-0.15, -0.1) is 0 Å². The first-order valence-corrected chi connectivity index (χ1v) is 6.36. The molecule has 1 atom stereocenters. The van der Waals surface area contributed by atoms with Gasteiger partial charge in [0.2, 0.25) is 6.54 Å². The second kappa shape index (κ2) is 7.96. The smallest absolute Gasteiger partial charge is 0.320 e. The molecule has 0 aliphatic carbocycles. The summed E-state index contributed by atoms with van der Waals surface area (Å²) in [7, 11) is 3.65. The molecular formula is C14H17NO7. The summed E-state index contributed by atoms with van der Waals surface area (Å²) in [5.74, 6) is -3.76. The minimum Gasteiger partial charge on any atom is -0.497 e. The van der Waals surface area contributed by atoms with E-state index in [0.717, 1.165) is 14.2 Å². The molecule has 0 saturated heterocycles. The number of hydrogen-bond donors (Lipinski definition) is 0. The van der Waals surface area contributed by atoms with Crippen LogP contribution < -0.4 is 4.74 Å². The molecule has 22 heavy (non-hydrogen) atoms. The van der Waals surface area contributed by atoms with Gasteiger partial charge in [-0.05, 0) is 17.7 Å². The Morgan fingerprint density at radius 1 is 1.18 bits per heavy atom. The Bertz CT molecular complexity index is 542. The molecule has 0 aromatic heterocycles. The number of esters is 2. The topological polar surface area (TPSA) is 105 Å². The van der Waals surface area contributed by atoms with Gasteiger partial charge in [0.05, 0.1) is 27.2 Å². The molecule has 0 amide bonds. The SMILES string of the molecule is COC(=O)C(C(=O)OC)[C@H](C[N+](=O)[O-])c1cccc(OC)c1. The molecule has 0 saturated carbocycles. The first-order valence-electron chi connectivity index (χ1n) is 6.36. The van der Waals surface area contributed by atoms with Crippen molar-refractivity contribution in [3.8, 4) is 5.75 Å². The van der Waals surface area contributed by atoms with Crippen molar-refractivity contribution in [1.29, 1.82) is 0 Å². The van der Waals surface area contributed by atoms with Crippen LogP contribution in [0.2, 0.25) is 0 Å². The van der Waals surface area contributed by atoms with Crippen LogP contribution in [0.5, 0.6) is 5.75 Å². The minimum absolute atomic E-state index is 0.414. The van der Waals surface area contributed by atoms with Gasteiger partial charge in [0.25, 0.3) is 0 Å². The molecule has 8 nitrogen and oxygen atoms in total. The summed E-state index contributed by atoms with van der Waals surface area (Å²) in [5.41, 5.74) is 0.414. The zero-order valence-electron chi connectivity index (χ0n) is 12.5. The Balaban J connectivity index is 3.31. The van der Waals surface area contributed by atoms with Gasteiger partial charge < -0.3 is 14.2 Å². The molecule has 0 bridgehead atoms. The highest BCUT2D eigenvalue weighted by Crippen LogP contribution is 2.29. The number of hydrogen-bond acceptors (Lipinski definition) is 7. The predicted molar refractivity (Wildman–Crippen MR) is 75.1 cm³/mol. The van der Waals surface area contributed by atoms with E-state index in [-0.39, 0.29) is 0 Å². The lowest BCUT2D eigenvalue weighted by atomic mass is 9.85. The van der Waals surface area contributed by atoms with E-state index < -0.39 is 35.2 Å². The summed E-state index contributed by atoms with van der Waals surface area (Å²) >= 11 is 0. The molecule has 0 spiro atoms. The first-order chi connectivity index (χ1) is 10.4. The van der Waals surface area contributed by atoms with Crippen molar-refractivity contribution in [3.05, 3.63) is 39.9 Å². The van der Waals surface area contributed by atoms with E-state index in [1.165, 1.54) is 13.2 Å². The second-order valence-electron chi connectivity index (χ2n) is 4.42. The molecule has 0 N–H and O–H groups in total. The molecule has 0 heterocycles. The summed E-state index contributed by atoms with van der Waals surface area (Å²) in [6, 6.07) is 6.38. The zero-order chi connectivity index (χ0) is 16.7. The van der Waals surface area contributed by atoms with Gasteiger partial charge in [0.1, 0.15) is 5.75 Å². The fourth-order valence-electron chi connectivity index (χ4n) is 2.11. The van der Waals surface area contributed by atoms with Gasteiger partial charge in [0, 0.05) is 4.92 Å². The van der Waals surface area contributed by atoms with E-state index in [4.69, 9.17) is 4.74 Å². The van der Waals surface area contributed by atoms with Crippen molar-refractivity contribution in [2.45, 2.75) is 5.92 Å². The molecule has 8 heteroatoms. The number of ether oxygens (including phenoxy) is 3.